The highest BCUT2D eigenvalue weighted by Crippen LogP contribution is 1.59. The maximum Gasteiger partial charge on any atom is 0.394 e. The predicted octanol–water partition coefficient (Wildman–Crippen LogP) is 2.41. The van der Waals surface area contributed by atoms with Crippen LogP contribution in [0, 0.1) is 0 Å². The standard InChI is InChI=1S/3C2H6.CH4.2H2O4S/c3*1-2;;2*1-5(2,3)4/h3*1-2H3;1H4;2*(H2,1,2,3,4). The van der Waals surface area contributed by atoms with E-state index < -0.39 is 20.8 Å². The lowest BCUT2D eigenvalue weighted by Crippen LogP contribution is -1.89. The molecule has 0 radical (unpaired) electrons. The van der Waals surface area contributed by atoms with Crippen LogP contribution < -0.4 is 0 Å². The van der Waals surface area contributed by atoms with Gasteiger partial charge in [-0.15, -0.1) is 0 Å². The Kier molecular flexibility index (Phi) is 52.5. The van der Waals surface area contributed by atoms with Crippen molar-refractivity contribution < 1.29 is 35.0 Å². The first kappa shape index (κ1) is 36.0. The fraction of sp³-hybridized carbons (Fsp3) is 1.00. The second-order valence-electron chi connectivity index (χ2n) is 0.896. The van der Waals surface area contributed by atoms with E-state index in [0.29, 0.717) is 0 Å². The van der Waals surface area contributed by atoms with Crippen LogP contribution >= 0.6 is 0 Å². The van der Waals surface area contributed by atoms with Crippen molar-refractivity contribution in [3.63, 3.8) is 0 Å². The SMILES string of the molecule is C.CC.CC.CC.O=S(=O)(O)O.O=S(=O)(O)O. The summed E-state index contributed by atoms with van der Waals surface area (Å²) in [5.74, 6) is 0. The van der Waals surface area contributed by atoms with Crippen LogP contribution in [0.15, 0.2) is 0 Å². The Labute approximate surface area is 105 Å². The van der Waals surface area contributed by atoms with Crippen LogP contribution in [0.4, 0.5) is 0 Å². The molecule has 0 aliphatic heterocycles. The van der Waals surface area contributed by atoms with Crippen LogP contribution in [0.3, 0.4) is 0 Å². The van der Waals surface area contributed by atoms with Gasteiger partial charge in [0.1, 0.15) is 0 Å². The van der Waals surface area contributed by atoms with Crippen molar-refractivity contribution in [2.45, 2.75) is 49.0 Å². The summed E-state index contributed by atoms with van der Waals surface area (Å²) in [7, 11) is -9.33. The summed E-state index contributed by atoms with van der Waals surface area (Å²) in [6.45, 7) is 12.0. The summed E-state index contributed by atoms with van der Waals surface area (Å²) in [6, 6.07) is 0. The molecule has 114 valence electrons. The van der Waals surface area contributed by atoms with E-state index in [1.807, 2.05) is 41.5 Å². The molecular weight excluding hydrogens is 276 g/mol. The van der Waals surface area contributed by atoms with Crippen molar-refractivity contribution in [2.75, 3.05) is 0 Å². The Morgan fingerprint density at radius 3 is 0.529 bits per heavy atom. The summed E-state index contributed by atoms with van der Waals surface area (Å²) in [6.07, 6.45) is 0. The first-order valence-electron chi connectivity index (χ1n) is 4.40. The van der Waals surface area contributed by atoms with Gasteiger partial charge in [-0.1, -0.05) is 49.0 Å². The highest BCUT2D eigenvalue weighted by atomic mass is 32.3. The van der Waals surface area contributed by atoms with Gasteiger partial charge in [-0.05, 0) is 0 Å². The van der Waals surface area contributed by atoms with E-state index in [4.69, 9.17) is 35.0 Å². The maximum atomic E-state index is 8.74. The molecule has 0 atom stereocenters. The van der Waals surface area contributed by atoms with E-state index in [-0.39, 0.29) is 7.43 Å². The van der Waals surface area contributed by atoms with E-state index in [9.17, 15) is 0 Å². The van der Waals surface area contributed by atoms with Gasteiger partial charge in [0.2, 0.25) is 0 Å². The van der Waals surface area contributed by atoms with Gasteiger partial charge in [0.15, 0.2) is 0 Å². The normalized spacial score (nSPS) is 7.88. The molecule has 0 aromatic rings. The smallest absolute Gasteiger partial charge is 0.264 e. The molecule has 0 aliphatic rings. The van der Waals surface area contributed by atoms with Crippen molar-refractivity contribution in [1.82, 2.24) is 0 Å². The lowest BCUT2D eigenvalue weighted by Gasteiger charge is -1.68. The zero-order chi connectivity index (χ0) is 15.0. The Bertz CT molecular complexity index is 220. The third-order valence-corrected chi connectivity index (χ3v) is 0. The number of hydrogen-bond donors (Lipinski definition) is 4. The Morgan fingerprint density at radius 1 is 0.529 bits per heavy atom. The Morgan fingerprint density at radius 2 is 0.529 bits per heavy atom. The fourth-order valence-electron chi connectivity index (χ4n) is 0. The molecule has 0 heterocycles. The lowest BCUT2D eigenvalue weighted by molar-refractivity contribution is 0.378. The second-order valence-corrected chi connectivity index (χ2v) is 2.69. The van der Waals surface area contributed by atoms with Gasteiger partial charge in [0.05, 0.1) is 0 Å². The lowest BCUT2D eigenvalue weighted by atomic mass is 11.0. The van der Waals surface area contributed by atoms with Crippen LogP contribution in [-0.2, 0) is 20.8 Å². The first-order chi connectivity index (χ1) is 7.00. The molecule has 0 aliphatic carbocycles. The molecule has 4 N–H and O–H groups in total. The average molecular weight is 302 g/mol. The molecule has 0 fully saturated rings. The van der Waals surface area contributed by atoms with Crippen molar-refractivity contribution in [2.24, 2.45) is 0 Å². The van der Waals surface area contributed by atoms with Gasteiger partial charge >= 0.3 is 20.8 Å². The topological polar surface area (TPSA) is 149 Å². The van der Waals surface area contributed by atoms with Gasteiger partial charge in [-0.25, -0.2) is 0 Å². The molecule has 0 unspecified atom stereocenters. The van der Waals surface area contributed by atoms with Gasteiger partial charge in [-0.3, -0.25) is 18.2 Å². The Hall–Kier alpha value is -0.260. The summed E-state index contributed by atoms with van der Waals surface area (Å²) >= 11 is 0. The minimum absolute atomic E-state index is 0. The van der Waals surface area contributed by atoms with Gasteiger partial charge < -0.3 is 0 Å². The van der Waals surface area contributed by atoms with Gasteiger partial charge in [-0.2, -0.15) is 16.8 Å². The summed E-state index contributed by atoms with van der Waals surface area (Å²) in [4.78, 5) is 0. The minimum atomic E-state index is -4.67. The van der Waals surface area contributed by atoms with Gasteiger partial charge in [0.25, 0.3) is 0 Å². The van der Waals surface area contributed by atoms with E-state index in [2.05, 4.69) is 0 Å². The maximum absolute atomic E-state index is 8.74. The molecule has 0 amide bonds. The monoisotopic (exact) mass is 302 g/mol. The Balaban J connectivity index is -0.0000000238. The third kappa shape index (κ3) is 44000. The molecule has 10 heteroatoms. The highest BCUT2D eigenvalue weighted by molar-refractivity contribution is 7.80. The second kappa shape index (κ2) is 24.8. The minimum Gasteiger partial charge on any atom is -0.264 e. The van der Waals surface area contributed by atoms with Crippen LogP contribution in [0.2, 0.25) is 0 Å². The summed E-state index contributed by atoms with van der Waals surface area (Å²) < 4.78 is 63.2. The van der Waals surface area contributed by atoms with E-state index in [1.165, 1.54) is 0 Å². The zero-order valence-corrected chi connectivity index (χ0v) is 11.9. The van der Waals surface area contributed by atoms with Crippen LogP contribution in [-0.4, -0.2) is 35.0 Å². The van der Waals surface area contributed by atoms with Crippen molar-refractivity contribution in [3.05, 3.63) is 0 Å². The van der Waals surface area contributed by atoms with Crippen LogP contribution in [0.25, 0.3) is 0 Å². The summed E-state index contributed by atoms with van der Waals surface area (Å²) in [5.41, 5.74) is 0. The molecule has 0 rings (SSSR count). The predicted molar refractivity (Wildman–Crippen MR) is 69.1 cm³/mol. The quantitative estimate of drug-likeness (QED) is 0.498. The third-order valence-electron chi connectivity index (χ3n) is 0. The molecule has 0 saturated carbocycles. The van der Waals surface area contributed by atoms with E-state index >= 15 is 0 Å². The first-order valence-corrected chi connectivity index (χ1v) is 7.19. The zero-order valence-electron chi connectivity index (χ0n) is 10.2. The molecule has 17 heavy (non-hydrogen) atoms. The average Bonchev–Trinajstić information content (AvgIpc) is 2.08. The number of rotatable bonds is 0. The fourth-order valence-corrected chi connectivity index (χ4v) is 0. The molecule has 8 nitrogen and oxygen atoms in total. The molecule has 0 saturated heterocycles. The molecular formula is C7H26O8S2. The number of hydrogen-bond acceptors (Lipinski definition) is 4. The molecule has 0 spiro atoms. The summed E-state index contributed by atoms with van der Waals surface area (Å²) in [5, 5.41) is 0. The van der Waals surface area contributed by atoms with Crippen LogP contribution in [0.1, 0.15) is 49.0 Å². The largest absolute Gasteiger partial charge is 0.394 e. The van der Waals surface area contributed by atoms with E-state index in [0.717, 1.165) is 0 Å². The van der Waals surface area contributed by atoms with Gasteiger partial charge in [0, 0.05) is 0 Å². The van der Waals surface area contributed by atoms with Crippen LogP contribution in [0.5, 0.6) is 0 Å². The highest BCUT2D eigenvalue weighted by Gasteiger charge is 1.85. The molecule has 0 aromatic heterocycles. The molecule has 0 aromatic carbocycles. The van der Waals surface area contributed by atoms with Crippen molar-refractivity contribution in [3.8, 4) is 0 Å². The van der Waals surface area contributed by atoms with Crippen molar-refractivity contribution >= 4 is 20.8 Å². The van der Waals surface area contributed by atoms with Crippen molar-refractivity contribution in [1.29, 1.82) is 0 Å². The van der Waals surface area contributed by atoms with E-state index in [1.54, 1.807) is 0 Å². The molecule has 0 bridgehead atoms.